The number of esters is 1. The van der Waals surface area contributed by atoms with Crippen LogP contribution < -0.4 is 31.2 Å². The first-order chi connectivity index (χ1) is 31.5. The summed E-state index contributed by atoms with van der Waals surface area (Å²) in [6.07, 6.45) is 7.39. The molecule has 0 spiro atoms. The Kier molecular flexibility index (Phi) is 18.4. The lowest BCUT2D eigenvalue weighted by Gasteiger charge is -2.16. The SMILES string of the molecule is CC(C)Oc1ccc(Nc2ncc(/C=C/C(=O)O)c(=O)n2Cc2ccc(Cl)cc2)cc1Cl.CCOC(=O)/C=C/c1cnc(Nc2ccc(OC(C)C)c(Cl)c2)n(Cc2ccc(Cl)cc2)c1=O. The number of anilines is 4. The Balaban J connectivity index is 0.000000248. The van der Waals surface area contributed by atoms with Gasteiger partial charge in [-0.05, 0) is 119 Å². The van der Waals surface area contributed by atoms with Crippen molar-refractivity contribution < 1.29 is 28.9 Å². The van der Waals surface area contributed by atoms with Gasteiger partial charge in [0.05, 0.1) is 53.1 Å². The highest BCUT2D eigenvalue weighted by Crippen LogP contribution is 2.31. The number of carboxylic acids is 1. The lowest BCUT2D eigenvalue weighted by Crippen LogP contribution is -2.26. The first-order valence-electron chi connectivity index (χ1n) is 20.4. The van der Waals surface area contributed by atoms with Crippen molar-refractivity contribution in [1.29, 1.82) is 0 Å². The van der Waals surface area contributed by atoms with E-state index in [4.69, 9.17) is 65.7 Å². The second kappa shape index (κ2) is 24.1. The van der Waals surface area contributed by atoms with E-state index in [2.05, 4.69) is 20.6 Å². The molecule has 2 heterocycles. The second-order valence-electron chi connectivity index (χ2n) is 14.7. The Morgan fingerprint density at radius 2 is 1.06 bits per heavy atom. The van der Waals surface area contributed by atoms with Gasteiger partial charge in [-0.3, -0.25) is 18.7 Å². The summed E-state index contributed by atoms with van der Waals surface area (Å²) >= 11 is 24.6. The average Bonchev–Trinajstić information content (AvgIpc) is 3.26. The summed E-state index contributed by atoms with van der Waals surface area (Å²) in [7, 11) is 0. The molecule has 0 radical (unpaired) electrons. The number of rotatable bonds is 17. The quantitative estimate of drug-likeness (QED) is 0.0583. The smallest absolute Gasteiger partial charge is 0.330 e. The minimum Gasteiger partial charge on any atom is -0.489 e. The molecule has 0 atom stereocenters. The molecule has 6 rings (SSSR count). The fraction of sp³-hybridized carbons (Fsp3) is 0.208. The van der Waals surface area contributed by atoms with Gasteiger partial charge in [-0.1, -0.05) is 70.7 Å². The summed E-state index contributed by atoms with van der Waals surface area (Å²) in [4.78, 5) is 57.6. The highest BCUT2D eigenvalue weighted by molar-refractivity contribution is 6.32. The van der Waals surface area contributed by atoms with Crippen molar-refractivity contribution >= 4 is 93.8 Å². The fourth-order valence-electron chi connectivity index (χ4n) is 5.91. The third-order valence-electron chi connectivity index (χ3n) is 8.85. The molecule has 66 heavy (non-hydrogen) atoms. The molecule has 4 aromatic carbocycles. The number of benzene rings is 4. The molecule has 0 unspecified atom stereocenters. The lowest BCUT2D eigenvalue weighted by molar-refractivity contribution is -0.137. The number of ether oxygens (including phenoxy) is 3. The minimum absolute atomic E-state index is 0.0160. The maximum atomic E-state index is 13.3. The van der Waals surface area contributed by atoms with Crippen molar-refractivity contribution in [3.63, 3.8) is 0 Å². The van der Waals surface area contributed by atoms with Crippen molar-refractivity contribution in [3.8, 4) is 11.5 Å². The van der Waals surface area contributed by atoms with Crippen LogP contribution in [0, 0.1) is 0 Å². The fourth-order valence-corrected chi connectivity index (χ4v) is 6.61. The third kappa shape index (κ3) is 15.0. The molecular formula is C48H46Cl4N6O8. The van der Waals surface area contributed by atoms with E-state index in [0.717, 1.165) is 17.2 Å². The van der Waals surface area contributed by atoms with Gasteiger partial charge in [-0.25, -0.2) is 19.6 Å². The van der Waals surface area contributed by atoms with Gasteiger partial charge >= 0.3 is 11.9 Å². The summed E-state index contributed by atoms with van der Waals surface area (Å²) in [5, 5.41) is 17.2. The maximum absolute atomic E-state index is 13.3. The standard InChI is InChI=1S/C25H25Cl2N3O4.C23H21Cl2N3O4/c1-4-33-23(31)12-7-18-14-28-25(29-20-10-11-22(21(27)13-20)34-16(2)3)30(24(18)32)15-17-5-8-19(26)9-6-17;1-14(2)32-20-9-8-18(11-19(20)25)27-23-26-12-16(5-10-21(29)30)22(31)28(23)13-15-3-6-17(24)7-4-15/h5-14,16H,4,15H2,1-3H3,(H,28,29);3-12,14H,13H2,1-2H3,(H,26,27)(H,29,30)/b12-7+;10-5+. The number of carbonyl (C=O) groups excluding carboxylic acids is 1. The number of nitrogens with one attached hydrogen (secondary N) is 2. The Morgan fingerprint density at radius 3 is 1.42 bits per heavy atom. The van der Waals surface area contributed by atoms with Gasteiger partial charge in [0.2, 0.25) is 11.9 Å². The molecule has 0 amide bonds. The molecule has 6 aromatic rings. The summed E-state index contributed by atoms with van der Waals surface area (Å²) in [6, 6.07) is 24.6. The molecule has 2 aromatic heterocycles. The topological polar surface area (TPSA) is 176 Å². The molecule has 0 fully saturated rings. The first-order valence-corrected chi connectivity index (χ1v) is 21.9. The van der Waals surface area contributed by atoms with Crippen LogP contribution in [0.5, 0.6) is 11.5 Å². The van der Waals surface area contributed by atoms with Gasteiger partial charge in [-0.15, -0.1) is 0 Å². The van der Waals surface area contributed by atoms with Gasteiger partial charge in [0.1, 0.15) is 11.5 Å². The zero-order valence-electron chi connectivity index (χ0n) is 36.4. The van der Waals surface area contributed by atoms with E-state index in [1.54, 1.807) is 79.7 Å². The Labute approximate surface area is 401 Å². The van der Waals surface area contributed by atoms with E-state index in [9.17, 15) is 19.2 Å². The van der Waals surface area contributed by atoms with E-state index < -0.39 is 17.5 Å². The highest BCUT2D eigenvalue weighted by atomic mass is 35.5. The number of carbonyl (C=O) groups is 2. The molecule has 14 nitrogen and oxygen atoms in total. The number of nitrogens with zero attached hydrogens (tertiary/aromatic N) is 4. The lowest BCUT2D eigenvalue weighted by atomic mass is 10.2. The summed E-state index contributed by atoms with van der Waals surface area (Å²) < 4.78 is 19.1. The zero-order valence-corrected chi connectivity index (χ0v) is 39.5. The second-order valence-corrected chi connectivity index (χ2v) is 16.4. The van der Waals surface area contributed by atoms with Crippen molar-refractivity contribution in [1.82, 2.24) is 19.1 Å². The third-order valence-corrected chi connectivity index (χ3v) is 9.94. The predicted molar refractivity (Wildman–Crippen MR) is 261 cm³/mol. The molecule has 0 bridgehead atoms. The van der Waals surface area contributed by atoms with Gasteiger partial charge in [-0.2, -0.15) is 0 Å². The van der Waals surface area contributed by atoms with Gasteiger partial charge in [0.25, 0.3) is 11.1 Å². The number of aromatic nitrogens is 4. The summed E-state index contributed by atoms with van der Waals surface area (Å²) in [5.74, 6) is -0.00480. The molecule has 0 saturated carbocycles. The predicted octanol–water partition coefficient (Wildman–Crippen LogP) is 10.9. The molecule has 0 aliphatic heterocycles. The van der Waals surface area contributed by atoms with Crippen molar-refractivity contribution in [2.45, 2.75) is 59.9 Å². The van der Waals surface area contributed by atoms with Crippen LogP contribution in [0.2, 0.25) is 20.1 Å². The van der Waals surface area contributed by atoms with Crippen molar-refractivity contribution in [2.75, 3.05) is 17.2 Å². The van der Waals surface area contributed by atoms with E-state index in [0.29, 0.717) is 48.9 Å². The van der Waals surface area contributed by atoms with Crippen LogP contribution in [-0.2, 0) is 27.4 Å². The number of halogens is 4. The van der Waals surface area contributed by atoms with Crippen LogP contribution in [0.3, 0.4) is 0 Å². The number of carboxylic acid groups (broad SMARTS) is 1. The molecule has 0 aliphatic carbocycles. The molecule has 18 heteroatoms. The molecular weight excluding hydrogens is 930 g/mol. The molecule has 0 saturated heterocycles. The number of aliphatic carboxylic acids is 1. The first kappa shape index (κ1) is 50.4. The van der Waals surface area contributed by atoms with Gasteiger partial charge in [0.15, 0.2) is 0 Å². The van der Waals surface area contributed by atoms with E-state index in [1.165, 1.54) is 39.8 Å². The maximum Gasteiger partial charge on any atom is 0.330 e. The summed E-state index contributed by atoms with van der Waals surface area (Å²) in [6.45, 7) is 10.0. The minimum atomic E-state index is -1.16. The largest absolute Gasteiger partial charge is 0.489 e. The summed E-state index contributed by atoms with van der Waals surface area (Å²) in [5.41, 5.74) is 2.56. The Morgan fingerprint density at radius 1 is 0.652 bits per heavy atom. The van der Waals surface area contributed by atoms with E-state index in [-0.39, 0.29) is 54.5 Å². The van der Waals surface area contributed by atoms with Crippen LogP contribution in [0.15, 0.2) is 119 Å². The van der Waals surface area contributed by atoms with E-state index in [1.807, 2.05) is 39.8 Å². The average molecular weight is 977 g/mol. The van der Waals surface area contributed by atoms with Crippen molar-refractivity contribution in [2.24, 2.45) is 0 Å². The van der Waals surface area contributed by atoms with Crippen LogP contribution in [-0.4, -0.2) is 55.0 Å². The monoisotopic (exact) mass is 974 g/mol. The molecule has 0 aliphatic rings. The number of hydrogen-bond donors (Lipinski definition) is 3. The van der Waals surface area contributed by atoms with Crippen LogP contribution in [0.4, 0.5) is 23.3 Å². The Hall–Kier alpha value is -6.58. The van der Waals surface area contributed by atoms with Gasteiger partial charge in [0, 0.05) is 46.0 Å². The van der Waals surface area contributed by atoms with E-state index >= 15 is 0 Å². The number of hydrogen-bond acceptors (Lipinski definition) is 11. The van der Waals surface area contributed by atoms with Gasteiger partial charge < -0.3 is 30.0 Å². The van der Waals surface area contributed by atoms with Crippen LogP contribution >= 0.6 is 46.4 Å². The highest BCUT2D eigenvalue weighted by Gasteiger charge is 2.15. The zero-order chi connectivity index (χ0) is 47.9. The normalized spacial score (nSPS) is 11.1. The van der Waals surface area contributed by atoms with Crippen LogP contribution in [0.25, 0.3) is 12.2 Å². The van der Waals surface area contributed by atoms with Crippen LogP contribution in [0.1, 0.15) is 56.9 Å². The molecule has 3 N–H and O–H groups in total. The van der Waals surface area contributed by atoms with Crippen molar-refractivity contribution in [3.05, 3.63) is 173 Å². The Bertz CT molecular complexity index is 2830. The molecule has 344 valence electrons.